The van der Waals surface area contributed by atoms with Gasteiger partial charge in [0.25, 0.3) is 0 Å². The molecule has 1 aliphatic carbocycles. The fraction of sp³-hybridized carbons (Fsp3) is 0.500. The van der Waals surface area contributed by atoms with E-state index in [0.29, 0.717) is 18.5 Å². The molecule has 1 aromatic heterocycles. The highest BCUT2D eigenvalue weighted by atomic mass is 16.4. The van der Waals surface area contributed by atoms with E-state index >= 15 is 0 Å². The molecule has 1 fully saturated rings. The number of pyridine rings is 1. The van der Waals surface area contributed by atoms with Gasteiger partial charge in [-0.1, -0.05) is 12.8 Å². The zero-order valence-electron chi connectivity index (χ0n) is 10.9. The van der Waals surface area contributed by atoms with Crippen LogP contribution >= 0.6 is 0 Å². The van der Waals surface area contributed by atoms with Crippen molar-refractivity contribution in [1.82, 2.24) is 4.98 Å². The molecule has 1 amide bonds. The van der Waals surface area contributed by atoms with Gasteiger partial charge in [-0.25, -0.2) is 0 Å². The van der Waals surface area contributed by atoms with E-state index in [-0.39, 0.29) is 5.91 Å². The summed E-state index contributed by atoms with van der Waals surface area (Å²) >= 11 is 0. The Morgan fingerprint density at radius 2 is 1.95 bits per heavy atom. The fourth-order valence-corrected chi connectivity index (χ4v) is 2.52. The molecule has 0 bridgehead atoms. The van der Waals surface area contributed by atoms with Crippen molar-refractivity contribution in [3.05, 3.63) is 24.0 Å². The van der Waals surface area contributed by atoms with E-state index < -0.39 is 17.8 Å². The van der Waals surface area contributed by atoms with Crippen molar-refractivity contribution < 1.29 is 14.7 Å². The fourth-order valence-electron chi connectivity index (χ4n) is 2.52. The average Bonchev–Trinajstić information content (AvgIpc) is 2.41. The highest BCUT2D eigenvalue weighted by molar-refractivity contribution is 5.95. The number of anilines is 1. The summed E-state index contributed by atoms with van der Waals surface area (Å²) < 4.78 is 0. The Hall–Kier alpha value is -1.91. The lowest BCUT2D eigenvalue weighted by Crippen LogP contribution is -2.36. The molecule has 0 aliphatic heterocycles. The Balaban J connectivity index is 2.05. The summed E-state index contributed by atoms with van der Waals surface area (Å²) in [6.07, 6.45) is 4.61. The minimum absolute atomic E-state index is 0.210. The molecule has 0 spiro atoms. The molecule has 5 nitrogen and oxygen atoms in total. The Labute approximate surface area is 112 Å². The first-order valence-electron chi connectivity index (χ1n) is 6.54. The van der Waals surface area contributed by atoms with Gasteiger partial charge in [-0.05, 0) is 31.9 Å². The molecule has 0 aromatic carbocycles. The number of aromatic nitrogens is 1. The van der Waals surface area contributed by atoms with Gasteiger partial charge in [-0.15, -0.1) is 0 Å². The van der Waals surface area contributed by atoms with Gasteiger partial charge in [0.15, 0.2) is 0 Å². The molecule has 0 unspecified atom stereocenters. The van der Waals surface area contributed by atoms with Crippen LogP contribution in [0.25, 0.3) is 0 Å². The molecular formula is C14H18N2O3. The van der Waals surface area contributed by atoms with Crippen LogP contribution in [0, 0.1) is 18.8 Å². The summed E-state index contributed by atoms with van der Waals surface area (Å²) in [5, 5.41) is 11.9. The summed E-state index contributed by atoms with van der Waals surface area (Å²) in [4.78, 5) is 27.4. The van der Waals surface area contributed by atoms with Crippen molar-refractivity contribution in [3.8, 4) is 0 Å². The molecular weight excluding hydrogens is 244 g/mol. The van der Waals surface area contributed by atoms with Crippen LogP contribution in [0.1, 0.15) is 31.4 Å². The predicted octanol–water partition coefficient (Wildman–Crippen LogP) is 2.22. The Morgan fingerprint density at radius 1 is 1.26 bits per heavy atom. The van der Waals surface area contributed by atoms with Crippen LogP contribution < -0.4 is 5.32 Å². The van der Waals surface area contributed by atoms with Crippen LogP contribution in [0.15, 0.2) is 18.3 Å². The Kier molecular flexibility index (Phi) is 4.14. The van der Waals surface area contributed by atoms with Gasteiger partial charge in [0.2, 0.25) is 5.91 Å². The molecule has 1 aliphatic rings. The van der Waals surface area contributed by atoms with E-state index in [1.807, 2.05) is 13.0 Å². The van der Waals surface area contributed by atoms with Crippen molar-refractivity contribution in [2.75, 3.05) is 5.32 Å². The van der Waals surface area contributed by atoms with E-state index in [9.17, 15) is 9.59 Å². The van der Waals surface area contributed by atoms with Crippen LogP contribution in [0.4, 0.5) is 5.69 Å². The van der Waals surface area contributed by atoms with E-state index in [1.54, 1.807) is 12.3 Å². The van der Waals surface area contributed by atoms with Crippen molar-refractivity contribution in [2.45, 2.75) is 32.6 Å². The van der Waals surface area contributed by atoms with Crippen LogP contribution in [-0.4, -0.2) is 22.0 Å². The van der Waals surface area contributed by atoms with E-state index in [0.717, 1.165) is 18.5 Å². The van der Waals surface area contributed by atoms with E-state index in [2.05, 4.69) is 10.3 Å². The smallest absolute Gasteiger partial charge is 0.307 e. The molecule has 1 heterocycles. The van der Waals surface area contributed by atoms with Crippen LogP contribution in [0.5, 0.6) is 0 Å². The van der Waals surface area contributed by atoms with Crippen molar-refractivity contribution >= 4 is 17.6 Å². The molecule has 0 radical (unpaired) electrons. The molecule has 102 valence electrons. The number of aliphatic carboxylic acids is 1. The standard InChI is InChI=1S/C14H18N2O3/c1-9-6-7-10(8-15-9)16-13(17)11-4-2-3-5-12(11)14(18)19/h6-8,11-12H,2-5H2,1H3,(H,16,17)(H,18,19)/t11-,12+/m1/s1. The first-order chi connectivity index (χ1) is 9.08. The molecule has 5 heteroatoms. The highest BCUT2D eigenvalue weighted by Gasteiger charge is 2.35. The number of hydrogen-bond donors (Lipinski definition) is 2. The Bertz CT molecular complexity index is 470. The number of aryl methyl sites for hydroxylation is 1. The maximum absolute atomic E-state index is 12.2. The average molecular weight is 262 g/mol. The topological polar surface area (TPSA) is 79.3 Å². The molecule has 1 aromatic rings. The zero-order chi connectivity index (χ0) is 13.8. The largest absolute Gasteiger partial charge is 0.481 e. The monoisotopic (exact) mass is 262 g/mol. The lowest BCUT2D eigenvalue weighted by atomic mass is 9.78. The second-order valence-corrected chi connectivity index (χ2v) is 5.01. The number of nitrogens with zero attached hydrogens (tertiary/aromatic N) is 1. The van der Waals surface area contributed by atoms with Gasteiger partial charge in [-0.3, -0.25) is 14.6 Å². The molecule has 2 atom stereocenters. The number of nitrogens with one attached hydrogen (secondary N) is 1. The molecule has 1 saturated carbocycles. The normalized spacial score (nSPS) is 22.8. The van der Waals surface area contributed by atoms with Crippen molar-refractivity contribution in [1.29, 1.82) is 0 Å². The number of hydrogen-bond acceptors (Lipinski definition) is 3. The third-order valence-corrected chi connectivity index (χ3v) is 3.60. The SMILES string of the molecule is Cc1ccc(NC(=O)[C@@H]2CCCC[C@@H]2C(=O)O)cn1. The minimum Gasteiger partial charge on any atom is -0.481 e. The number of carboxylic acid groups (broad SMARTS) is 1. The van der Waals surface area contributed by atoms with E-state index in [4.69, 9.17) is 5.11 Å². The number of rotatable bonds is 3. The van der Waals surface area contributed by atoms with Gasteiger partial charge >= 0.3 is 5.97 Å². The van der Waals surface area contributed by atoms with Crippen molar-refractivity contribution in [3.63, 3.8) is 0 Å². The maximum Gasteiger partial charge on any atom is 0.307 e. The third-order valence-electron chi connectivity index (χ3n) is 3.60. The quantitative estimate of drug-likeness (QED) is 0.875. The van der Waals surface area contributed by atoms with Crippen molar-refractivity contribution in [2.24, 2.45) is 11.8 Å². The molecule has 2 rings (SSSR count). The molecule has 19 heavy (non-hydrogen) atoms. The summed E-state index contributed by atoms with van der Waals surface area (Å²) in [5.41, 5.74) is 1.49. The van der Waals surface area contributed by atoms with Crippen LogP contribution in [0.3, 0.4) is 0 Å². The summed E-state index contributed by atoms with van der Waals surface area (Å²) in [6, 6.07) is 3.59. The number of carbonyl (C=O) groups excluding carboxylic acids is 1. The van der Waals surface area contributed by atoms with Gasteiger partial charge in [0.1, 0.15) is 0 Å². The first-order valence-corrected chi connectivity index (χ1v) is 6.54. The lowest BCUT2D eigenvalue weighted by molar-refractivity contribution is -0.147. The van der Waals surface area contributed by atoms with E-state index in [1.165, 1.54) is 0 Å². The summed E-state index contributed by atoms with van der Waals surface area (Å²) in [5.74, 6) is -2.08. The zero-order valence-corrected chi connectivity index (χ0v) is 10.9. The lowest BCUT2D eigenvalue weighted by Gasteiger charge is -2.27. The van der Waals surface area contributed by atoms with Crippen LogP contribution in [-0.2, 0) is 9.59 Å². The highest BCUT2D eigenvalue weighted by Crippen LogP contribution is 2.31. The predicted molar refractivity (Wildman–Crippen MR) is 70.7 cm³/mol. The summed E-state index contributed by atoms with van der Waals surface area (Å²) in [7, 11) is 0. The van der Waals surface area contributed by atoms with Gasteiger partial charge in [0.05, 0.1) is 23.7 Å². The van der Waals surface area contributed by atoms with Gasteiger partial charge in [0, 0.05) is 5.69 Å². The molecule has 0 saturated heterocycles. The van der Waals surface area contributed by atoms with Gasteiger partial charge in [-0.2, -0.15) is 0 Å². The maximum atomic E-state index is 12.2. The first kappa shape index (κ1) is 13.5. The Morgan fingerprint density at radius 3 is 2.53 bits per heavy atom. The summed E-state index contributed by atoms with van der Waals surface area (Å²) in [6.45, 7) is 1.87. The third kappa shape index (κ3) is 3.30. The second kappa shape index (κ2) is 5.82. The molecule has 2 N–H and O–H groups in total. The van der Waals surface area contributed by atoms with Gasteiger partial charge < -0.3 is 10.4 Å². The number of amides is 1. The number of carbonyl (C=O) groups is 2. The number of carboxylic acids is 1. The minimum atomic E-state index is -0.873. The van der Waals surface area contributed by atoms with Crippen LogP contribution in [0.2, 0.25) is 0 Å². The second-order valence-electron chi connectivity index (χ2n) is 5.01.